The van der Waals surface area contributed by atoms with Crippen molar-refractivity contribution in [2.75, 3.05) is 13.1 Å². The van der Waals surface area contributed by atoms with Crippen LogP contribution in [-0.4, -0.2) is 40.5 Å². The zero-order chi connectivity index (χ0) is 18.1. The van der Waals surface area contributed by atoms with E-state index in [1.165, 1.54) is 6.07 Å². The molecule has 1 amide bonds. The van der Waals surface area contributed by atoms with Gasteiger partial charge in [0, 0.05) is 35.9 Å². The maximum absolute atomic E-state index is 13.2. The van der Waals surface area contributed by atoms with Crippen molar-refractivity contribution in [2.24, 2.45) is 0 Å². The maximum atomic E-state index is 13.2. The number of carbonyl (C=O) groups excluding carboxylic acids is 1. The van der Waals surface area contributed by atoms with Gasteiger partial charge in [-0.15, -0.1) is 12.4 Å². The van der Waals surface area contributed by atoms with Gasteiger partial charge < -0.3 is 14.8 Å². The largest absolute Gasteiger partial charge is 0.331 e. The first-order valence-electron chi connectivity index (χ1n) is 9.11. The van der Waals surface area contributed by atoms with Crippen molar-refractivity contribution in [1.82, 2.24) is 14.8 Å². The van der Waals surface area contributed by atoms with Crippen molar-refractivity contribution in [1.29, 1.82) is 0 Å². The number of aromatic nitrogens is 1. The molecule has 2 aromatic rings. The summed E-state index contributed by atoms with van der Waals surface area (Å²) in [7, 11) is 0. The molecule has 2 fully saturated rings. The topological polar surface area (TPSA) is 54.3 Å². The minimum atomic E-state index is -0.137. The number of hydrogen-bond donors (Lipinski definition) is 1. The van der Waals surface area contributed by atoms with E-state index in [0.717, 1.165) is 37.9 Å². The molecule has 2 bridgehead atoms. The Labute approximate surface area is 169 Å². The number of fused-ring (bicyclic) bond motifs is 2. The summed E-state index contributed by atoms with van der Waals surface area (Å²) in [6.45, 7) is 2.16. The third-order valence-corrected chi connectivity index (χ3v) is 5.79. The van der Waals surface area contributed by atoms with Crippen molar-refractivity contribution in [3.05, 3.63) is 69.1 Å². The Kier molecular flexibility index (Phi) is 6.25. The highest BCUT2D eigenvalue weighted by molar-refractivity contribution is 6.31. The van der Waals surface area contributed by atoms with Crippen LogP contribution in [0.4, 0.5) is 0 Å². The number of halogens is 2. The lowest BCUT2D eigenvalue weighted by molar-refractivity contribution is 0.0679. The van der Waals surface area contributed by atoms with E-state index in [9.17, 15) is 9.59 Å². The van der Waals surface area contributed by atoms with E-state index in [0.29, 0.717) is 23.2 Å². The van der Waals surface area contributed by atoms with Gasteiger partial charge in [0.05, 0.1) is 12.1 Å². The van der Waals surface area contributed by atoms with E-state index in [1.54, 1.807) is 22.9 Å². The van der Waals surface area contributed by atoms with Crippen LogP contribution in [0.3, 0.4) is 0 Å². The van der Waals surface area contributed by atoms with Crippen LogP contribution in [0.15, 0.2) is 47.4 Å². The van der Waals surface area contributed by atoms with Crippen LogP contribution in [0.25, 0.3) is 0 Å². The lowest BCUT2D eigenvalue weighted by Gasteiger charge is -2.28. The molecule has 27 heavy (non-hydrogen) atoms. The van der Waals surface area contributed by atoms with Crippen LogP contribution < -0.4 is 10.9 Å². The second kappa shape index (κ2) is 8.46. The van der Waals surface area contributed by atoms with Crippen molar-refractivity contribution >= 4 is 29.9 Å². The molecule has 5 nitrogen and oxygen atoms in total. The predicted molar refractivity (Wildman–Crippen MR) is 109 cm³/mol. The van der Waals surface area contributed by atoms with Gasteiger partial charge in [0.1, 0.15) is 0 Å². The average molecular weight is 408 g/mol. The van der Waals surface area contributed by atoms with Crippen LogP contribution in [0.5, 0.6) is 0 Å². The zero-order valence-corrected chi connectivity index (χ0v) is 16.5. The first kappa shape index (κ1) is 19.9. The Morgan fingerprint density at radius 2 is 1.89 bits per heavy atom. The highest BCUT2D eigenvalue weighted by atomic mass is 35.5. The van der Waals surface area contributed by atoms with Gasteiger partial charge in [-0.1, -0.05) is 29.8 Å². The number of amides is 1. The summed E-state index contributed by atoms with van der Waals surface area (Å²) in [5, 5.41) is 4.03. The minimum absolute atomic E-state index is 0. The molecule has 4 rings (SSSR count). The fourth-order valence-electron chi connectivity index (χ4n) is 4.05. The summed E-state index contributed by atoms with van der Waals surface area (Å²) in [5.74, 6) is 0.0223. The first-order valence-corrected chi connectivity index (χ1v) is 9.48. The molecule has 7 heteroatoms. The van der Waals surface area contributed by atoms with E-state index in [-0.39, 0.29) is 29.9 Å². The van der Waals surface area contributed by atoms with Gasteiger partial charge in [0.25, 0.3) is 11.5 Å². The van der Waals surface area contributed by atoms with Crippen LogP contribution in [0.2, 0.25) is 5.02 Å². The summed E-state index contributed by atoms with van der Waals surface area (Å²) in [4.78, 5) is 27.4. The highest BCUT2D eigenvalue weighted by Gasteiger charge is 2.38. The Morgan fingerprint density at radius 3 is 2.70 bits per heavy atom. The predicted octanol–water partition coefficient (Wildman–Crippen LogP) is 2.94. The highest BCUT2D eigenvalue weighted by Crippen LogP contribution is 2.29. The fraction of sp³-hybridized carbons (Fsp3) is 0.400. The first-order chi connectivity index (χ1) is 12.6. The molecule has 0 saturated carbocycles. The molecule has 3 heterocycles. The summed E-state index contributed by atoms with van der Waals surface area (Å²) in [6, 6.07) is 11.1. The maximum Gasteiger partial charge on any atom is 0.255 e. The van der Waals surface area contributed by atoms with Gasteiger partial charge in [-0.05, 0) is 43.5 Å². The van der Waals surface area contributed by atoms with Crippen molar-refractivity contribution in [3.63, 3.8) is 0 Å². The second-order valence-electron chi connectivity index (χ2n) is 7.07. The molecular weight excluding hydrogens is 385 g/mol. The molecule has 0 spiro atoms. The third kappa shape index (κ3) is 4.05. The standard InChI is InChI=1S/C20H22ClN3O2.ClH/c21-18-4-2-1-3-14(18)12-23-13-15(5-8-19(23)25)20(26)24-16-6-7-17(24)11-22-10-9-16;/h1-5,8,13,16-17,22H,6-7,9-12H2;1H. The van der Waals surface area contributed by atoms with Crippen LogP contribution in [0.1, 0.15) is 35.2 Å². The molecule has 144 valence electrons. The van der Waals surface area contributed by atoms with E-state index in [4.69, 9.17) is 11.6 Å². The molecule has 1 N–H and O–H groups in total. The average Bonchev–Trinajstić information content (AvgIpc) is 2.91. The van der Waals surface area contributed by atoms with E-state index < -0.39 is 0 Å². The molecule has 2 unspecified atom stereocenters. The SMILES string of the molecule is Cl.O=C(c1ccc(=O)n(Cc2ccccc2Cl)c1)N1C2CCNCC1CC2. The lowest BCUT2D eigenvalue weighted by Crippen LogP contribution is -2.42. The van der Waals surface area contributed by atoms with Crippen molar-refractivity contribution in [3.8, 4) is 0 Å². The number of nitrogens with one attached hydrogen (secondary N) is 1. The van der Waals surface area contributed by atoms with Crippen LogP contribution >= 0.6 is 24.0 Å². The van der Waals surface area contributed by atoms with Gasteiger partial charge in [0.2, 0.25) is 0 Å². The molecule has 0 aliphatic carbocycles. The quantitative estimate of drug-likeness (QED) is 0.850. The smallest absolute Gasteiger partial charge is 0.255 e. The lowest BCUT2D eigenvalue weighted by atomic mass is 10.1. The Balaban J connectivity index is 0.00000210. The molecule has 2 saturated heterocycles. The Bertz CT molecular complexity index is 870. The van der Waals surface area contributed by atoms with Gasteiger partial charge in [-0.3, -0.25) is 9.59 Å². The number of hydrogen-bond acceptors (Lipinski definition) is 3. The van der Waals surface area contributed by atoms with Gasteiger partial charge >= 0.3 is 0 Å². The minimum Gasteiger partial charge on any atom is -0.331 e. The summed E-state index contributed by atoms with van der Waals surface area (Å²) in [6.07, 6.45) is 4.77. The van der Waals surface area contributed by atoms with Gasteiger partial charge in [-0.2, -0.15) is 0 Å². The molecule has 2 aliphatic rings. The number of pyridine rings is 1. The Hall–Kier alpha value is -1.82. The summed E-state index contributed by atoms with van der Waals surface area (Å²) in [5.41, 5.74) is 1.29. The van der Waals surface area contributed by atoms with Crippen LogP contribution in [0, 0.1) is 0 Å². The molecule has 2 aliphatic heterocycles. The third-order valence-electron chi connectivity index (χ3n) is 5.42. The van der Waals surface area contributed by atoms with Gasteiger partial charge in [-0.25, -0.2) is 0 Å². The number of nitrogens with zero attached hydrogens (tertiary/aromatic N) is 2. The summed E-state index contributed by atoms with van der Waals surface area (Å²) < 4.78 is 1.56. The number of benzene rings is 1. The fourth-order valence-corrected chi connectivity index (χ4v) is 4.25. The molecule has 1 aromatic heterocycles. The second-order valence-corrected chi connectivity index (χ2v) is 7.47. The van der Waals surface area contributed by atoms with E-state index in [1.807, 2.05) is 23.1 Å². The van der Waals surface area contributed by atoms with Crippen molar-refractivity contribution < 1.29 is 4.79 Å². The van der Waals surface area contributed by atoms with Crippen LogP contribution in [-0.2, 0) is 6.54 Å². The normalized spacial score (nSPS) is 21.4. The monoisotopic (exact) mass is 407 g/mol. The molecule has 1 aromatic carbocycles. The number of carbonyl (C=O) groups is 1. The zero-order valence-electron chi connectivity index (χ0n) is 14.9. The van der Waals surface area contributed by atoms with Gasteiger partial charge in [0.15, 0.2) is 0 Å². The van der Waals surface area contributed by atoms with E-state index >= 15 is 0 Å². The van der Waals surface area contributed by atoms with E-state index in [2.05, 4.69) is 5.32 Å². The molecular formula is C20H23Cl2N3O2. The van der Waals surface area contributed by atoms with Crippen molar-refractivity contribution in [2.45, 2.75) is 37.9 Å². The number of rotatable bonds is 3. The Morgan fingerprint density at radius 1 is 1.11 bits per heavy atom. The summed E-state index contributed by atoms with van der Waals surface area (Å²) >= 11 is 6.22. The molecule has 2 atom stereocenters. The molecule has 0 radical (unpaired) electrons.